The summed E-state index contributed by atoms with van der Waals surface area (Å²) in [6.45, 7) is 5.66. The lowest BCUT2D eigenvalue weighted by molar-refractivity contribution is -0.138. The van der Waals surface area contributed by atoms with Crippen LogP contribution in [-0.2, 0) is 9.59 Å². The van der Waals surface area contributed by atoms with Gasteiger partial charge in [-0.2, -0.15) is 0 Å². The smallest absolute Gasteiger partial charge is 0.339 e. The maximum absolute atomic E-state index is 12.5. The van der Waals surface area contributed by atoms with E-state index in [2.05, 4.69) is 0 Å². The number of likely N-dealkylation sites (tertiary alicyclic amines) is 1. The van der Waals surface area contributed by atoms with Gasteiger partial charge < -0.3 is 19.8 Å². The zero-order chi connectivity index (χ0) is 19.0. The number of hydrogen-bond acceptors (Lipinski definition) is 5. The summed E-state index contributed by atoms with van der Waals surface area (Å²) in [5.74, 6) is -0.301. The van der Waals surface area contributed by atoms with Crippen LogP contribution in [0.3, 0.4) is 0 Å². The van der Waals surface area contributed by atoms with Crippen molar-refractivity contribution in [2.45, 2.75) is 39.7 Å². The fourth-order valence-electron chi connectivity index (χ4n) is 3.39. The first-order chi connectivity index (χ1) is 12.3. The average molecular weight is 358 g/mol. The Morgan fingerprint density at radius 1 is 1.27 bits per heavy atom. The van der Waals surface area contributed by atoms with Gasteiger partial charge in [0.2, 0.25) is 5.91 Å². The van der Waals surface area contributed by atoms with Gasteiger partial charge in [-0.05, 0) is 56.9 Å². The molecule has 2 amide bonds. The summed E-state index contributed by atoms with van der Waals surface area (Å²) in [4.78, 5) is 37.3. The highest BCUT2D eigenvalue weighted by atomic mass is 16.5. The van der Waals surface area contributed by atoms with Gasteiger partial charge in [-0.1, -0.05) is 0 Å². The summed E-state index contributed by atoms with van der Waals surface area (Å²) in [5, 5.41) is 0.674. The Morgan fingerprint density at radius 2 is 2.00 bits per heavy atom. The van der Waals surface area contributed by atoms with Crippen molar-refractivity contribution in [3.63, 3.8) is 0 Å². The van der Waals surface area contributed by atoms with E-state index in [1.165, 1.54) is 4.90 Å². The van der Waals surface area contributed by atoms with Crippen LogP contribution in [0.5, 0.6) is 5.75 Å². The standard InChI is InChI=1S/C19H22N2O5/c1-10-7-14(17-11(2)12(3)19(24)26-15(17)8-10)25-9-16(22)21-6-4-5-13(21)18(20)23/h7-8,13H,4-6,9H2,1-3H3,(H2,20,23)/t13-/m1/s1. The molecule has 0 spiro atoms. The zero-order valence-corrected chi connectivity index (χ0v) is 15.1. The predicted octanol–water partition coefficient (Wildman–Crippen LogP) is 1.57. The molecule has 3 rings (SSSR count). The van der Waals surface area contributed by atoms with Gasteiger partial charge >= 0.3 is 5.63 Å². The normalized spacial score (nSPS) is 16.9. The second-order valence-electron chi connectivity index (χ2n) is 6.71. The van der Waals surface area contributed by atoms with E-state index in [1.807, 2.05) is 13.8 Å². The van der Waals surface area contributed by atoms with Gasteiger partial charge in [0.15, 0.2) is 6.61 Å². The maximum Gasteiger partial charge on any atom is 0.339 e. The summed E-state index contributed by atoms with van der Waals surface area (Å²) >= 11 is 0. The van der Waals surface area contributed by atoms with E-state index in [9.17, 15) is 14.4 Å². The second kappa shape index (κ2) is 6.82. The molecule has 1 fully saturated rings. The highest BCUT2D eigenvalue weighted by molar-refractivity contribution is 5.90. The number of rotatable bonds is 4. The van der Waals surface area contributed by atoms with Crippen LogP contribution in [0.2, 0.25) is 0 Å². The van der Waals surface area contributed by atoms with Gasteiger partial charge in [-0.3, -0.25) is 9.59 Å². The summed E-state index contributed by atoms with van der Waals surface area (Å²) in [6, 6.07) is 3.00. The van der Waals surface area contributed by atoms with Crippen molar-refractivity contribution in [2.24, 2.45) is 5.73 Å². The molecule has 7 heteroatoms. The number of aryl methyl sites for hydroxylation is 2. The molecule has 0 unspecified atom stereocenters. The molecular weight excluding hydrogens is 336 g/mol. The molecule has 2 heterocycles. The monoisotopic (exact) mass is 358 g/mol. The molecule has 1 aliphatic heterocycles. The number of ether oxygens (including phenoxy) is 1. The maximum atomic E-state index is 12.5. The first-order valence-electron chi connectivity index (χ1n) is 8.56. The SMILES string of the molecule is Cc1cc(OCC(=O)N2CCC[C@@H]2C(N)=O)c2c(C)c(C)c(=O)oc2c1. The van der Waals surface area contributed by atoms with Gasteiger partial charge in [0.25, 0.3) is 5.91 Å². The summed E-state index contributed by atoms with van der Waals surface area (Å²) in [5.41, 5.74) is 7.52. The number of amides is 2. The minimum atomic E-state index is -0.567. The average Bonchev–Trinajstić information content (AvgIpc) is 3.07. The molecule has 0 aliphatic carbocycles. The molecular formula is C19H22N2O5. The molecule has 26 heavy (non-hydrogen) atoms. The molecule has 1 aromatic heterocycles. The lowest BCUT2D eigenvalue weighted by atomic mass is 10.0. The molecule has 1 saturated heterocycles. The van der Waals surface area contributed by atoms with E-state index in [4.69, 9.17) is 14.9 Å². The topological polar surface area (TPSA) is 103 Å². The Labute approximate surface area is 150 Å². The second-order valence-corrected chi connectivity index (χ2v) is 6.71. The third kappa shape index (κ3) is 3.16. The van der Waals surface area contributed by atoms with E-state index in [-0.39, 0.29) is 18.1 Å². The van der Waals surface area contributed by atoms with Crippen molar-refractivity contribution in [3.05, 3.63) is 39.2 Å². The molecule has 1 atom stereocenters. The predicted molar refractivity (Wildman–Crippen MR) is 96.1 cm³/mol. The Kier molecular flexibility index (Phi) is 4.71. The van der Waals surface area contributed by atoms with Crippen LogP contribution in [0.15, 0.2) is 21.3 Å². The number of carbonyl (C=O) groups is 2. The first-order valence-corrected chi connectivity index (χ1v) is 8.56. The number of hydrogen-bond donors (Lipinski definition) is 1. The summed E-state index contributed by atoms with van der Waals surface area (Å²) < 4.78 is 11.1. The Bertz CT molecular complexity index is 947. The van der Waals surface area contributed by atoms with Crippen molar-refractivity contribution in [3.8, 4) is 5.75 Å². The quantitative estimate of drug-likeness (QED) is 0.836. The minimum absolute atomic E-state index is 0.208. The van der Waals surface area contributed by atoms with Crippen LogP contribution < -0.4 is 16.1 Å². The lowest BCUT2D eigenvalue weighted by Crippen LogP contribution is -2.45. The first kappa shape index (κ1) is 18.0. The van der Waals surface area contributed by atoms with Crippen LogP contribution in [0.25, 0.3) is 11.0 Å². The molecule has 1 aliphatic rings. The molecule has 1 aromatic carbocycles. The lowest BCUT2D eigenvalue weighted by Gasteiger charge is -2.22. The summed E-state index contributed by atoms with van der Waals surface area (Å²) in [6.07, 6.45) is 1.33. The Hall–Kier alpha value is -2.83. The Morgan fingerprint density at radius 3 is 2.69 bits per heavy atom. The van der Waals surface area contributed by atoms with Crippen molar-refractivity contribution in [1.29, 1.82) is 0 Å². The van der Waals surface area contributed by atoms with Crippen LogP contribution >= 0.6 is 0 Å². The number of primary amides is 1. The van der Waals surface area contributed by atoms with Gasteiger partial charge in [0.05, 0.1) is 5.39 Å². The van der Waals surface area contributed by atoms with Crippen LogP contribution in [0.1, 0.15) is 29.5 Å². The number of benzene rings is 1. The molecule has 7 nitrogen and oxygen atoms in total. The number of nitrogens with two attached hydrogens (primary N) is 1. The number of nitrogens with zero attached hydrogens (tertiary/aromatic N) is 1. The zero-order valence-electron chi connectivity index (χ0n) is 15.1. The van der Waals surface area contributed by atoms with E-state index in [0.717, 1.165) is 17.5 Å². The number of carbonyl (C=O) groups excluding carboxylic acids is 2. The fourth-order valence-corrected chi connectivity index (χ4v) is 3.39. The molecule has 138 valence electrons. The van der Waals surface area contributed by atoms with Crippen molar-refractivity contribution in [1.82, 2.24) is 4.90 Å². The fraction of sp³-hybridized carbons (Fsp3) is 0.421. The van der Waals surface area contributed by atoms with E-state index < -0.39 is 11.9 Å². The van der Waals surface area contributed by atoms with Gasteiger partial charge in [0.1, 0.15) is 17.4 Å². The molecule has 0 saturated carbocycles. The van der Waals surface area contributed by atoms with E-state index in [1.54, 1.807) is 19.1 Å². The van der Waals surface area contributed by atoms with Crippen LogP contribution in [0.4, 0.5) is 0 Å². The molecule has 2 N–H and O–H groups in total. The van der Waals surface area contributed by atoms with Gasteiger partial charge in [0, 0.05) is 12.1 Å². The van der Waals surface area contributed by atoms with E-state index >= 15 is 0 Å². The van der Waals surface area contributed by atoms with Gasteiger partial charge in [-0.25, -0.2) is 4.79 Å². The molecule has 2 aromatic rings. The highest BCUT2D eigenvalue weighted by Gasteiger charge is 2.32. The summed E-state index contributed by atoms with van der Waals surface area (Å²) in [7, 11) is 0. The van der Waals surface area contributed by atoms with Crippen molar-refractivity contribution in [2.75, 3.05) is 13.2 Å². The highest BCUT2D eigenvalue weighted by Crippen LogP contribution is 2.31. The van der Waals surface area contributed by atoms with E-state index in [0.29, 0.717) is 35.2 Å². The Balaban J connectivity index is 1.89. The molecule has 0 radical (unpaired) electrons. The van der Waals surface area contributed by atoms with Crippen molar-refractivity contribution >= 4 is 22.8 Å². The third-order valence-corrected chi connectivity index (χ3v) is 4.91. The van der Waals surface area contributed by atoms with Crippen LogP contribution in [0, 0.1) is 20.8 Å². The number of fused-ring (bicyclic) bond motifs is 1. The van der Waals surface area contributed by atoms with Gasteiger partial charge in [-0.15, -0.1) is 0 Å². The molecule has 0 bridgehead atoms. The van der Waals surface area contributed by atoms with Crippen molar-refractivity contribution < 1.29 is 18.7 Å². The third-order valence-electron chi connectivity index (χ3n) is 4.91. The minimum Gasteiger partial charge on any atom is -0.483 e. The van der Waals surface area contributed by atoms with Crippen LogP contribution in [-0.4, -0.2) is 35.9 Å². The largest absolute Gasteiger partial charge is 0.483 e.